The van der Waals surface area contributed by atoms with Crippen LogP contribution in [0.25, 0.3) is 0 Å². The Labute approximate surface area is 186 Å². The average molecular weight is 436 g/mol. The number of nitrogens with zero attached hydrogens (tertiary/aromatic N) is 1. The Hall–Kier alpha value is -2.18. The van der Waals surface area contributed by atoms with Crippen LogP contribution in [0.5, 0.6) is 0 Å². The fourth-order valence-electron chi connectivity index (χ4n) is 3.91. The summed E-state index contributed by atoms with van der Waals surface area (Å²) in [5, 5.41) is 0.541. The molecule has 0 unspecified atom stereocenters. The van der Waals surface area contributed by atoms with Crippen LogP contribution in [-0.4, -0.2) is 45.6 Å². The smallest absolute Gasteiger partial charge is 0.185 e. The number of thiocarbonyl (C=S) groups is 1. The number of rotatable bonds is 6. The van der Waals surface area contributed by atoms with Crippen molar-refractivity contribution in [2.45, 2.75) is 5.60 Å². The Kier molecular flexibility index (Phi) is 6.85. The van der Waals surface area contributed by atoms with Gasteiger partial charge in [0.25, 0.3) is 0 Å². The summed E-state index contributed by atoms with van der Waals surface area (Å²) in [6.07, 6.45) is 0. The normalized spacial score (nSPS) is 15.6. The van der Waals surface area contributed by atoms with E-state index in [2.05, 4.69) is 41.3 Å². The number of benzene rings is 3. The van der Waals surface area contributed by atoms with Crippen LogP contribution in [0.2, 0.25) is 0 Å². The van der Waals surface area contributed by atoms with Gasteiger partial charge in [-0.2, -0.15) is 0 Å². The highest BCUT2D eigenvalue weighted by Crippen LogP contribution is 2.40. The van der Waals surface area contributed by atoms with E-state index >= 15 is 0 Å². The molecule has 3 aromatic carbocycles. The number of hydrogen-bond acceptors (Lipinski definition) is 4. The quantitative estimate of drug-likeness (QED) is 0.327. The summed E-state index contributed by atoms with van der Waals surface area (Å²) in [7, 11) is 0. The molecule has 1 fully saturated rings. The molecule has 0 amide bonds. The van der Waals surface area contributed by atoms with Gasteiger partial charge in [-0.05, 0) is 12.2 Å². The zero-order valence-electron chi connectivity index (χ0n) is 16.8. The molecule has 30 heavy (non-hydrogen) atoms. The summed E-state index contributed by atoms with van der Waals surface area (Å²) in [5.41, 5.74) is 2.26. The predicted molar refractivity (Wildman–Crippen MR) is 127 cm³/mol. The molecule has 0 spiro atoms. The minimum atomic E-state index is -0.834. The molecule has 4 rings (SSSR count). The van der Waals surface area contributed by atoms with E-state index < -0.39 is 16.8 Å². The lowest BCUT2D eigenvalue weighted by Crippen LogP contribution is -2.44. The Morgan fingerprint density at radius 2 is 1.20 bits per heavy atom. The molecule has 3 aromatic rings. The molecule has 1 aliphatic heterocycles. The standard InChI is InChI=1S/C25H25NO2S2/c27-30-18-16-26(17-19-30)20-24(29)28-25(21-10-4-1-5-11-21,22-12-6-2-7-13-22)23-14-8-3-9-15-23/h1-15H,16-20H2. The van der Waals surface area contributed by atoms with Crippen LogP contribution in [0.3, 0.4) is 0 Å². The Bertz CT molecular complexity index is 846. The molecule has 1 saturated heterocycles. The van der Waals surface area contributed by atoms with Crippen LogP contribution in [-0.2, 0) is 21.5 Å². The van der Waals surface area contributed by atoms with Crippen LogP contribution in [0.15, 0.2) is 91.0 Å². The van der Waals surface area contributed by atoms with Crippen LogP contribution in [0.4, 0.5) is 0 Å². The monoisotopic (exact) mass is 435 g/mol. The van der Waals surface area contributed by atoms with Crippen molar-refractivity contribution in [1.82, 2.24) is 4.90 Å². The zero-order valence-corrected chi connectivity index (χ0v) is 18.4. The first-order valence-corrected chi connectivity index (χ1v) is 12.0. The number of hydrogen-bond donors (Lipinski definition) is 0. The summed E-state index contributed by atoms with van der Waals surface area (Å²) in [5.74, 6) is 1.40. The molecule has 0 atom stereocenters. The maximum absolute atomic E-state index is 11.7. The molecule has 0 bridgehead atoms. The van der Waals surface area contributed by atoms with Gasteiger partial charge < -0.3 is 9.29 Å². The van der Waals surface area contributed by atoms with Gasteiger partial charge in [-0.3, -0.25) is 4.90 Å². The van der Waals surface area contributed by atoms with E-state index in [1.165, 1.54) is 0 Å². The maximum atomic E-state index is 11.7. The lowest BCUT2D eigenvalue weighted by atomic mass is 9.80. The van der Waals surface area contributed by atoms with Gasteiger partial charge in [-0.25, -0.2) is 0 Å². The van der Waals surface area contributed by atoms with E-state index in [1.807, 2.05) is 54.6 Å². The molecule has 0 aliphatic carbocycles. The summed E-state index contributed by atoms with van der Waals surface area (Å²) in [6.45, 7) is 2.12. The summed E-state index contributed by atoms with van der Waals surface area (Å²) >= 11 is 5.06. The van der Waals surface area contributed by atoms with Gasteiger partial charge in [0.1, 0.15) is 11.5 Å². The third-order valence-electron chi connectivity index (χ3n) is 5.43. The van der Waals surface area contributed by atoms with Crippen molar-refractivity contribution in [1.29, 1.82) is 0 Å². The third-order valence-corrected chi connectivity index (χ3v) is 6.92. The second-order valence-corrected chi connectivity index (χ2v) is 9.53. The molecule has 0 radical (unpaired) electrons. The third kappa shape index (κ3) is 4.60. The second kappa shape index (κ2) is 9.75. The molecule has 5 heteroatoms. The van der Waals surface area contributed by atoms with Crippen molar-refractivity contribution in [3.8, 4) is 0 Å². The van der Waals surface area contributed by atoms with Crippen LogP contribution in [0, 0.1) is 0 Å². The highest BCUT2D eigenvalue weighted by atomic mass is 32.2. The minimum Gasteiger partial charge on any atom is -0.616 e. The summed E-state index contributed by atoms with van der Waals surface area (Å²) in [4.78, 5) is 2.23. The van der Waals surface area contributed by atoms with E-state index in [0.29, 0.717) is 23.1 Å². The van der Waals surface area contributed by atoms with Crippen molar-refractivity contribution < 1.29 is 9.29 Å². The predicted octanol–water partition coefficient (Wildman–Crippen LogP) is 4.39. The van der Waals surface area contributed by atoms with Crippen molar-refractivity contribution >= 4 is 28.4 Å². The topological polar surface area (TPSA) is 35.5 Å². The second-order valence-electron chi connectivity index (χ2n) is 7.38. The van der Waals surface area contributed by atoms with Gasteiger partial charge in [-0.1, -0.05) is 102 Å². The van der Waals surface area contributed by atoms with Crippen LogP contribution < -0.4 is 0 Å². The van der Waals surface area contributed by atoms with E-state index in [-0.39, 0.29) is 0 Å². The van der Waals surface area contributed by atoms with E-state index in [0.717, 1.165) is 29.8 Å². The summed E-state index contributed by atoms with van der Waals surface area (Å²) < 4.78 is 18.4. The van der Waals surface area contributed by atoms with Crippen LogP contribution in [0.1, 0.15) is 16.7 Å². The Morgan fingerprint density at radius 3 is 1.60 bits per heavy atom. The maximum Gasteiger partial charge on any atom is 0.185 e. The molecule has 0 saturated carbocycles. The molecular formula is C25H25NO2S2. The fourth-order valence-corrected chi connectivity index (χ4v) is 5.35. The minimum absolute atomic E-state index is 0.541. The van der Waals surface area contributed by atoms with Crippen molar-refractivity contribution in [3.05, 3.63) is 108 Å². The first-order chi connectivity index (χ1) is 14.7. The Balaban J connectivity index is 1.74. The number of ether oxygens (including phenoxy) is 1. The highest BCUT2D eigenvalue weighted by molar-refractivity contribution is 7.91. The van der Waals surface area contributed by atoms with E-state index in [9.17, 15) is 4.55 Å². The zero-order chi connectivity index (χ0) is 20.8. The Morgan fingerprint density at radius 1 is 0.800 bits per heavy atom. The largest absolute Gasteiger partial charge is 0.616 e. The van der Waals surface area contributed by atoms with Crippen molar-refractivity contribution in [2.75, 3.05) is 31.1 Å². The molecule has 154 valence electrons. The molecule has 0 aromatic heterocycles. The molecule has 1 aliphatic rings. The lowest BCUT2D eigenvalue weighted by Gasteiger charge is -2.37. The van der Waals surface area contributed by atoms with Gasteiger partial charge >= 0.3 is 0 Å². The average Bonchev–Trinajstić information content (AvgIpc) is 2.81. The van der Waals surface area contributed by atoms with Gasteiger partial charge in [0.2, 0.25) is 0 Å². The lowest BCUT2D eigenvalue weighted by molar-refractivity contribution is 0.135. The first-order valence-electron chi connectivity index (χ1n) is 10.1. The first kappa shape index (κ1) is 21.1. The van der Waals surface area contributed by atoms with Gasteiger partial charge in [0.15, 0.2) is 10.7 Å². The molecule has 0 N–H and O–H groups in total. The SMILES string of the molecule is [O-][S+]1CCN(CC(=S)OC(c2ccccc2)(c2ccccc2)c2ccccc2)CC1. The van der Waals surface area contributed by atoms with E-state index in [4.69, 9.17) is 17.0 Å². The van der Waals surface area contributed by atoms with E-state index in [1.54, 1.807) is 0 Å². The van der Waals surface area contributed by atoms with Crippen molar-refractivity contribution in [3.63, 3.8) is 0 Å². The van der Waals surface area contributed by atoms with Gasteiger partial charge in [0.05, 0.1) is 6.54 Å². The molecule has 3 nitrogen and oxygen atoms in total. The summed E-state index contributed by atoms with van der Waals surface area (Å²) in [6, 6.07) is 30.8. The molecular weight excluding hydrogens is 410 g/mol. The van der Waals surface area contributed by atoms with Gasteiger partial charge in [0, 0.05) is 29.8 Å². The van der Waals surface area contributed by atoms with Crippen LogP contribution >= 0.6 is 12.2 Å². The van der Waals surface area contributed by atoms with Gasteiger partial charge in [-0.15, -0.1) is 0 Å². The molecule has 1 heterocycles. The fraction of sp³-hybridized carbons (Fsp3) is 0.240. The highest BCUT2D eigenvalue weighted by Gasteiger charge is 2.39. The van der Waals surface area contributed by atoms with Crippen molar-refractivity contribution in [2.24, 2.45) is 0 Å².